The minimum absolute atomic E-state index is 0.306. The van der Waals surface area contributed by atoms with Gasteiger partial charge in [-0.3, -0.25) is 14.7 Å². The maximum Gasteiger partial charge on any atom is 0.307 e. The molecule has 1 aromatic heterocycles. The van der Waals surface area contributed by atoms with E-state index < -0.39 is 17.8 Å². The number of nitrogens with zero attached hydrogens (tertiary/aromatic N) is 1. The lowest BCUT2D eigenvalue weighted by atomic mass is 9.95. The van der Waals surface area contributed by atoms with Crippen molar-refractivity contribution in [2.24, 2.45) is 11.8 Å². The van der Waals surface area contributed by atoms with Crippen molar-refractivity contribution in [3.05, 3.63) is 36.5 Å². The molecule has 0 aliphatic carbocycles. The standard InChI is InChI=1S/C15H17N3O3/c1-9(10(2)15(20)21)14(19)17-12-5-3-11(4-6-12)13-7-8-16-18-13/h3-10H,1-2H3,(H,16,18)(H,17,19)(H,20,21). The summed E-state index contributed by atoms with van der Waals surface area (Å²) in [4.78, 5) is 22.9. The maximum absolute atomic E-state index is 12.0. The van der Waals surface area contributed by atoms with E-state index in [2.05, 4.69) is 15.5 Å². The highest BCUT2D eigenvalue weighted by atomic mass is 16.4. The SMILES string of the molecule is CC(C(=O)O)C(C)C(=O)Nc1ccc(-c2ccn[nH]2)cc1. The molecule has 0 spiro atoms. The predicted octanol–water partition coefficient (Wildman–Crippen LogP) is 2.37. The number of carbonyl (C=O) groups is 2. The number of aromatic nitrogens is 2. The van der Waals surface area contributed by atoms with Crippen molar-refractivity contribution in [3.8, 4) is 11.3 Å². The van der Waals surface area contributed by atoms with Gasteiger partial charge >= 0.3 is 5.97 Å². The van der Waals surface area contributed by atoms with Crippen LogP contribution in [0.3, 0.4) is 0 Å². The fourth-order valence-electron chi connectivity index (χ4n) is 1.85. The Morgan fingerprint density at radius 3 is 2.33 bits per heavy atom. The van der Waals surface area contributed by atoms with Gasteiger partial charge in [0.15, 0.2) is 0 Å². The second-order valence-electron chi connectivity index (χ2n) is 4.95. The lowest BCUT2D eigenvalue weighted by Gasteiger charge is -2.15. The van der Waals surface area contributed by atoms with Crippen molar-refractivity contribution in [2.45, 2.75) is 13.8 Å². The van der Waals surface area contributed by atoms with Crippen LogP contribution in [0.2, 0.25) is 0 Å². The zero-order valence-electron chi connectivity index (χ0n) is 11.8. The van der Waals surface area contributed by atoms with Gasteiger partial charge in [-0.25, -0.2) is 0 Å². The van der Waals surface area contributed by atoms with Crippen LogP contribution in [0.15, 0.2) is 36.5 Å². The lowest BCUT2D eigenvalue weighted by molar-refractivity contribution is -0.145. The van der Waals surface area contributed by atoms with Crippen LogP contribution in [-0.2, 0) is 9.59 Å². The smallest absolute Gasteiger partial charge is 0.307 e. The topological polar surface area (TPSA) is 95.1 Å². The number of nitrogens with one attached hydrogen (secondary N) is 2. The van der Waals surface area contributed by atoms with E-state index >= 15 is 0 Å². The third-order valence-electron chi connectivity index (χ3n) is 3.52. The third-order valence-corrected chi connectivity index (χ3v) is 3.52. The molecule has 6 heteroatoms. The highest BCUT2D eigenvalue weighted by molar-refractivity contribution is 5.94. The van der Waals surface area contributed by atoms with Gasteiger partial charge < -0.3 is 10.4 Å². The Hall–Kier alpha value is -2.63. The monoisotopic (exact) mass is 287 g/mol. The molecule has 2 unspecified atom stereocenters. The number of benzene rings is 1. The molecule has 0 saturated heterocycles. The summed E-state index contributed by atoms with van der Waals surface area (Å²) in [7, 11) is 0. The van der Waals surface area contributed by atoms with Crippen molar-refractivity contribution < 1.29 is 14.7 Å². The number of carboxylic acid groups (broad SMARTS) is 1. The maximum atomic E-state index is 12.0. The number of carboxylic acids is 1. The summed E-state index contributed by atoms with van der Waals surface area (Å²) in [6, 6.07) is 9.10. The average Bonchev–Trinajstić information content (AvgIpc) is 3.00. The molecule has 110 valence electrons. The first-order chi connectivity index (χ1) is 9.99. The fourth-order valence-corrected chi connectivity index (χ4v) is 1.85. The summed E-state index contributed by atoms with van der Waals surface area (Å²) in [6.07, 6.45) is 1.67. The Labute approximate surface area is 122 Å². The molecule has 1 aromatic carbocycles. The Morgan fingerprint density at radius 1 is 1.14 bits per heavy atom. The molecule has 2 aromatic rings. The van der Waals surface area contributed by atoms with Crippen LogP contribution >= 0.6 is 0 Å². The molecule has 0 radical (unpaired) electrons. The Kier molecular flexibility index (Phi) is 4.37. The van der Waals surface area contributed by atoms with Gasteiger partial charge in [-0.05, 0) is 23.8 Å². The Morgan fingerprint density at radius 2 is 1.81 bits per heavy atom. The molecule has 2 rings (SSSR count). The molecule has 0 aliphatic rings. The lowest BCUT2D eigenvalue weighted by Crippen LogP contribution is -2.29. The second kappa shape index (κ2) is 6.21. The van der Waals surface area contributed by atoms with Crippen LogP contribution in [0, 0.1) is 11.8 Å². The second-order valence-corrected chi connectivity index (χ2v) is 4.95. The van der Waals surface area contributed by atoms with E-state index in [9.17, 15) is 9.59 Å². The van der Waals surface area contributed by atoms with Gasteiger partial charge in [0, 0.05) is 17.8 Å². The number of rotatable bonds is 5. The minimum Gasteiger partial charge on any atom is -0.481 e. The Bertz CT molecular complexity index is 620. The number of anilines is 1. The molecular formula is C15H17N3O3. The van der Waals surface area contributed by atoms with Crippen molar-refractivity contribution in [1.82, 2.24) is 10.2 Å². The van der Waals surface area contributed by atoms with E-state index in [-0.39, 0.29) is 5.91 Å². The van der Waals surface area contributed by atoms with Crippen molar-refractivity contribution >= 4 is 17.6 Å². The quantitative estimate of drug-likeness (QED) is 0.786. The van der Waals surface area contributed by atoms with Gasteiger partial charge in [0.05, 0.1) is 11.6 Å². The fraction of sp³-hybridized carbons (Fsp3) is 0.267. The Balaban J connectivity index is 2.03. The number of hydrogen-bond acceptors (Lipinski definition) is 3. The van der Waals surface area contributed by atoms with E-state index in [0.29, 0.717) is 5.69 Å². The van der Waals surface area contributed by atoms with E-state index in [1.807, 2.05) is 18.2 Å². The first kappa shape index (κ1) is 14.8. The van der Waals surface area contributed by atoms with E-state index in [1.165, 1.54) is 6.92 Å². The normalized spacial score (nSPS) is 13.4. The number of aliphatic carboxylic acids is 1. The number of carbonyl (C=O) groups excluding carboxylic acids is 1. The van der Waals surface area contributed by atoms with Crippen LogP contribution in [-0.4, -0.2) is 27.2 Å². The van der Waals surface area contributed by atoms with Gasteiger partial charge in [-0.15, -0.1) is 0 Å². The molecule has 2 atom stereocenters. The molecule has 21 heavy (non-hydrogen) atoms. The van der Waals surface area contributed by atoms with Gasteiger partial charge in [-0.2, -0.15) is 5.10 Å². The molecule has 0 fully saturated rings. The van der Waals surface area contributed by atoms with Gasteiger partial charge in [0.2, 0.25) is 5.91 Å². The van der Waals surface area contributed by atoms with Gasteiger partial charge in [0.1, 0.15) is 0 Å². The van der Waals surface area contributed by atoms with E-state index in [1.54, 1.807) is 25.3 Å². The number of hydrogen-bond donors (Lipinski definition) is 3. The number of aromatic amines is 1. The zero-order chi connectivity index (χ0) is 15.4. The molecule has 6 nitrogen and oxygen atoms in total. The summed E-state index contributed by atoms with van der Waals surface area (Å²) >= 11 is 0. The summed E-state index contributed by atoms with van der Waals surface area (Å²) < 4.78 is 0. The molecule has 1 amide bonds. The first-order valence-electron chi connectivity index (χ1n) is 6.62. The average molecular weight is 287 g/mol. The summed E-state index contributed by atoms with van der Waals surface area (Å²) in [5.74, 6) is -2.62. The summed E-state index contributed by atoms with van der Waals surface area (Å²) in [5, 5.41) is 18.4. The molecule has 0 bridgehead atoms. The highest BCUT2D eigenvalue weighted by Gasteiger charge is 2.25. The molecule has 3 N–H and O–H groups in total. The van der Waals surface area contributed by atoms with Crippen molar-refractivity contribution in [3.63, 3.8) is 0 Å². The van der Waals surface area contributed by atoms with Crippen LogP contribution in [0.4, 0.5) is 5.69 Å². The van der Waals surface area contributed by atoms with E-state index in [0.717, 1.165) is 11.3 Å². The van der Waals surface area contributed by atoms with Crippen LogP contribution in [0.5, 0.6) is 0 Å². The summed E-state index contributed by atoms with van der Waals surface area (Å²) in [6.45, 7) is 3.13. The van der Waals surface area contributed by atoms with Crippen LogP contribution < -0.4 is 5.32 Å². The van der Waals surface area contributed by atoms with Crippen LogP contribution in [0.1, 0.15) is 13.8 Å². The molecule has 1 heterocycles. The third kappa shape index (κ3) is 3.47. The molecular weight excluding hydrogens is 270 g/mol. The number of H-pyrrole nitrogens is 1. The van der Waals surface area contributed by atoms with E-state index in [4.69, 9.17) is 5.11 Å². The highest BCUT2D eigenvalue weighted by Crippen LogP contribution is 2.20. The number of amides is 1. The zero-order valence-corrected chi connectivity index (χ0v) is 11.8. The van der Waals surface area contributed by atoms with Gasteiger partial charge in [0.25, 0.3) is 0 Å². The van der Waals surface area contributed by atoms with Crippen molar-refractivity contribution in [1.29, 1.82) is 0 Å². The summed E-state index contributed by atoms with van der Waals surface area (Å²) in [5.41, 5.74) is 2.48. The molecule has 0 saturated carbocycles. The van der Waals surface area contributed by atoms with Crippen LogP contribution in [0.25, 0.3) is 11.3 Å². The van der Waals surface area contributed by atoms with Gasteiger partial charge in [-0.1, -0.05) is 26.0 Å². The minimum atomic E-state index is -0.979. The predicted molar refractivity (Wildman–Crippen MR) is 78.6 cm³/mol. The first-order valence-corrected chi connectivity index (χ1v) is 6.62. The largest absolute Gasteiger partial charge is 0.481 e. The molecule has 0 aliphatic heterocycles. The van der Waals surface area contributed by atoms with Crippen molar-refractivity contribution in [2.75, 3.05) is 5.32 Å².